The van der Waals surface area contributed by atoms with E-state index in [0.29, 0.717) is 18.2 Å². The third kappa shape index (κ3) is 9.32. The molecule has 0 aliphatic heterocycles. The van der Waals surface area contributed by atoms with Crippen molar-refractivity contribution in [3.05, 3.63) is 54.0 Å². The number of pyridine rings is 1. The monoisotopic (exact) mass is 502 g/mol. The molecule has 0 spiro atoms. The van der Waals surface area contributed by atoms with Crippen molar-refractivity contribution < 1.29 is 13.9 Å². The van der Waals surface area contributed by atoms with Gasteiger partial charge in [-0.05, 0) is 55.7 Å². The highest BCUT2D eigenvalue weighted by atomic mass is 127. The van der Waals surface area contributed by atoms with Crippen molar-refractivity contribution in [2.75, 3.05) is 26.8 Å². The lowest BCUT2D eigenvalue weighted by Gasteiger charge is -2.12. The first-order valence-electron chi connectivity index (χ1n) is 9.12. The first-order chi connectivity index (χ1) is 13.2. The number of unbranched alkanes of at least 4 members (excludes halogenated alkanes) is 1. The minimum atomic E-state index is -0.301. The SMILES string of the molecule is CCOCCCCNC(=NC)NCc1ccnc(Oc2ccc(F)cc2)c1.I. The van der Waals surface area contributed by atoms with Crippen LogP contribution >= 0.6 is 24.0 Å². The van der Waals surface area contributed by atoms with Crippen LogP contribution in [0, 0.1) is 5.82 Å². The first kappa shape index (κ1) is 24.1. The summed E-state index contributed by atoms with van der Waals surface area (Å²) in [6.07, 6.45) is 3.72. The average molecular weight is 502 g/mol. The molecule has 0 aliphatic rings. The van der Waals surface area contributed by atoms with Crippen LogP contribution in [0.4, 0.5) is 4.39 Å². The van der Waals surface area contributed by atoms with Gasteiger partial charge in [0.05, 0.1) is 0 Å². The zero-order valence-electron chi connectivity index (χ0n) is 16.3. The fraction of sp³-hybridized carbons (Fsp3) is 0.400. The Morgan fingerprint density at radius 3 is 2.64 bits per heavy atom. The van der Waals surface area contributed by atoms with E-state index < -0.39 is 0 Å². The smallest absolute Gasteiger partial charge is 0.219 e. The predicted octanol–water partition coefficient (Wildman–Crippen LogP) is 4.11. The molecule has 1 aromatic heterocycles. The highest BCUT2D eigenvalue weighted by Crippen LogP contribution is 2.20. The van der Waals surface area contributed by atoms with Crippen molar-refractivity contribution in [3.63, 3.8) is 0 Å². The molecule has 0 unspecified atom stereocenters. The minimum Gasteiger partial charge on any atom is -0.439 e. The molecule has 28 heavy (non-hydrogen) atoms. The fourth-order valence-electron chi connectivity index (χ4n) is 2.33. The third-order valence-electron chi connectivity index (χ3n) is 3.73. The van der Waals surface area contributed by atoms with Crippen LogP contribution < -0.4 is 15.4 Å². The van der Waals surface area contributed by atoms with Crippen LogP contribution in [0.5, 0.6) is 11.6 Å². The van der Waals surface area contributed by atoms with Crippen LogP contribution in [0.1, 0.15) is 25.3 Å². The van der Waals surface area contributed by atoms with Gasteiger partial charge in [-0.15, -0.1) is 24.0 Å². The average Bonchev–Trinajstić information content (AvgIpc) is 2.69. The molecule has 0 fully saturated rings. The quantitative estimate of drug-likeness (QED) is 0.222. The Bertz CT molecular complexity index is 714. The lowest BCUT2D eigenvalue weighted by Crippen LogP contribution is -2.37. The van der Waals surface area contributed by atoms with Crippen molar-refractivity contribution in [1.29, 1.82) is 0 Å². The summed E-state index contributed by atoms with van der Waals surface area (Å²) in [5.74, 6) is 1.44. The van der Waals surface area contributed by atoms with Gasteiger partial charge in [0.25, 0.3) is 0 Å². The molecule has 0 bridgehead atoms. The number of halogens is 2. The summed E-state index contributed by atoms with van der Waals surface area (Å²) in [4.78, 5) is 8.40. The second-order valence-corrected chi connectivity index (χ2v) is 5.81. The zero-order valence-corrected chi connectivity index (χ0v) is 18.6. The first-order valence-corrected chi connectivity index (χ1v) is 9.12. The number of nitrogens with one attached hydrogen (secondary N) is 2. The van der Waals surface area contributed by atoms with Crippen molar-refractivity contribution >= 4 is 29.9 Å². The Morgan fingerprint density at radius 2 is 1.93 bits per heavy atom. The van der Waals surface area contributed by atoms with Gasteiger partial charge in [0, 0.05) is 45.6 Å². The maximum atomic E-state index is 13.0. The lowest BCUT2D eigenvalue weighted by atomic mass is 10.2. The summed E-state index contributed by atoms with van der Waals surface area (Å²) >= 11 is 0. The van der Waals surface area contributed by atoms with E-state index in [4.69, 9.17) is 9.47 Å². The minimum absolute atomic E-state index is 0. The normalized spacial score (nSPS) is 10.9. The summed E-state index contributed by atoms with van der Waals surface area (Å²) in [7, 11) is 1.74. The number of hydrogen-bond donors (Lipinski definition) is 2. The molecule has 0 aliphatic carbocycles. The van der Waals surface area contributed by atoms with E-state index in [1.165, 1.54) is 12.1 Å². The van der Waals surface area contributed by atoms with E-state index in [0.717, 1.165) is 44.1 Å². The number of benzene rings is 1. The Morgan fingerprint density at radius 1 is 1.14 bits per heavy atom. The number of nitrogens with zero attached hydrogens (tertiary/aromatic N) is 2. The molecule has 0 radical (unpaired) electrons. The Kier molecular flexibility index (Phi) is 12.1. The van der Waals surface area contributed by atoms with E-state index >= 15 is 0 Å². The van der Waals surface area contributed by atoms with Gasteiger partial charge < -0.3 is 20.1 Å². The maximum absolute atomic E-state index is 13.0. The van der Waals surface area contributed by atoms with Gasteiger partial charge in [-0.2, -0.15) is 0 Å². The standard InChI is InChI=1S/C20H27FN4O2.HI/c1-3-26-13-5-4-11-24-20(22-2)25-15-16-10-12-23-19(14-16)27-18-8-6-17(21)7-9-18;/h6-10,12,14H,3-5,11,13,15H2,1-2H3,(H2,22,24,25);1H. The van der Waals surface area contributed by atoms with Crippen LogP contribution in [0.3, 0.4) is 0 Å². The second kappa shape index (κ2) is 14.1. The lowest BCUT2D eigenvalue weighted by molar-refractivity contribution is 0.143. The van der Waals surface area contributed by atoms with Crippen LogP contribution in [0.2, 0.25) is 0 Å². The van der Waals surface area contributed by atoms with Crippen LogP contribution in [0.25, 0.3) is 0 Å². The molecule has 0 amide bonds. The van der Waals surface area contributed by atoms with E-state index in [-0.39, 0.29) is 29.8 Å². The highest BCUT2D eigenvalue weighted by molar-refractivity contribution is 14.0. The third-order valence-corrected chi connectivity index (χ3v) is 3.73. The van der Waals surface area contributed by atoms with Crippen molar-refractivity contribution in [3.8, 4) is 11.6 Å². The molecule has 6 nitrogen and oxygen atoms in total. The Balaban J connectivity index is 0.00000392. The van der Waals surface area contributed by atoms with Crippen LogP contribution in [-0.2, 0) is 11.3 Å². The summed E-state index contributed by atoms with van der Waals surface area (Å²) < 4.78 is 23.9. The summed E-state index contributed by atoms with van der Waals surface area (Å²) in [5.41, 5.74) is 1.00. The van der Waals surface area contributed by atoms with E-state index in [1.54, 1.807) is 25.4 Å². The van der Waals surface area contributed by atoms with Gasteiger partial charge in [-0.1, -0.05) is 0 Å². The van der Waals surface area contributed by atoms with Gasteiger partial charge in [-0.25, -0.2) is 9.37 Å². The number of rotatable bonds is 10. The fourth-order valence-corrected chi connectivity index (χ4v) is 2.33. The Labute approximate surface area is 183 Å². The molecule has 1 heterocycles. The molecular formula is C20H28FIN4O2. The number of guanidine groups is 1. The Hall–Kier alpha value is -1.94. The van der Waals surface area contributed by atoms with Gasteiger partial charge in [0.2, 0.25) is 5.88 Å². The zero-order chi connectivity index (χ0) is 19.3. The number of ether oxygens (including phenoxy) is 2. The molecule has 8 heteroatoms. The van der Waals surface area contributed by atoms with Gasteiger partial charge in [0.1, 0.15) is 11.6 Å². The maximum Gasteiger partial charge on any atom is 0.219 e. The van der Waals surface area contributed by atoms with E-state index in [1.807, 2.05) is 19.1 Å². The molecule has 1 aromatic carbocycles. The van der Waals surface area contributed by atoms with Gasteiger partial charge in [0.15, 0.2) is 5.96 Å². The summed E-state index contributed by atoms with van der Waals surface area (Å²) in [6, 6.07) is 9.58. The topological polar surface area (TPSA) is 67.8 Å². The van der Waals surface area contributed by atoms with Crippen LogP contribution in [-0.4, -0.2) is 37.7 Å². The molecule has 0 saturated heterocycles. The molecule has 2 aromatic rings. The molecule has 0 atom stereocenters. The number of aromatic nitrogens is 1. The summed E-state index contributed by atoms with van der Waals surface area (Å²) in [5, 5.41) is 6.54. The van der Waals surface area contributed by atoms with Crippen molar-refractivity contribution in [1.82, 2.24) is 15.6 Å². The molecule has 2 rings (SSSR count). The largest absolute Gasteiger partial charge is 0.439 e. The summed E-state index contributed by atoms with van der Waals surface area (Å²) in [6.45, 7) is 4.97. The van der Waals surface area contributed by atoms with Gasteiger partial charge in [-0.3, -0.25) is 4.99 Å². The molecule has 0 saturated carbocycles. The van der Waals surface area contributed by atoms with Crippen LogP contribution in [0.15, 0.2) is 47.6 Å². The van der Waals surface area contributed by atoms with E-state index in [2.05, 4.69) is 20.6 Å². The predicted molar refractivity (Wildman–Crippen MR) is 120 cm³/mol. The molecule has 2 N–H and O–H groups in total. The van der Waals surface area contributed by atoms with E-state index in [9.17, 15) is 4.39 Å². The van der Waals surface area contributed by atoms with Crippen molar-refractivity contribution in [2.45, 2.75) is 26.3 Å². The molecule has 154 valence electrons. The van der Waals surface area contributed by atoms with Gasteiger partial charge >= 0.3 is 0 Å². The highest BCUT2D eigenvalue weighted by Gasteiger charge is 2.03. The number of aliphatic imine (C=N–C) groups is 1. The number of hydrogen-bond acceptors (Lipinski definition) is 4. The molecular weight excluding hydrogens is 474 g/mol. The second-order valence-electron chi connectivity index (χ2n) is 5.81. The van der Waals surface area contributed by atoms with Crippen molar-refractivity contribution in [2.24, 2.45) is 4.99 Å².